The smallest absolute Gasteiger partial charge is 0.253 e. The van der Waals surface area contributed by atoms with Gasteiger partial charge in [-0.15, -0.1) is 0 Å². The molecule has 0 saturated heterocycles. The first kappa shape index (κ1) is 14.1. The fourth-order valence-electron chi connectivity index (χ4n) is 2.95. The summed E-state index contributed by atoms with van der Waals surface area (Å²) < 4.78 is 6.03. The minimum Gasteiger partial charge on any atom is -0.490 e. The van der Waals surface area contributed by atoms with Crippen LogP contribution in [0, 0.1) is 0 Å². The van der Waals surface area contributed by atoms with E-state index in [4.69, 9.17) is 4.74 Å². The molecule has 0 atom stereocenters. The topological polar surface area (TPSA) is 41.6 Å². The van der Waals surface area contributed by atoms with Crippen molar-refractivity contribution >= 4 is 11.6 Å². The minimum atomic E-state index is 0.00520. The number of nitrogens with zero attached hydrogens (tertiary/aromatic N) is 1. The molecule has 1 saturated carbocycles. The van der Waals surface area contributed by atoms with Crippen molar-refractivity contribution in [3.05, 3.63) is 59.7 Å². The van der Waals surface area contributed by atoms with Gasteiger partial charge in [0.2, 0.25) is 0 Å². The Labute approximate surface area is 136 Å². The van der Waals surface area contributed by atoms with Crippen LogP contribution < -0.4 is 15.0 Å². The Morgan fingerprint density at radius 3 is 2.74 bits per heavy atom. The number of benzene rings is 2. The molecule has 1 fully saturated rings. The predicted molar refractivity (Wildman–Crippen MR) is 89.9 cm³/mol. The molecule has 4 heteroatoms. The van der Waals surface area contributed by atoms with E-state index in [1.807, 2.05) is 42.5 Å². The van der Waals surface area contributed by atoms with E-state index in [9.17, 15) is 4.79 Å². The third kappa shape index (κ3) is 3.02. The van der Waals surface area contributed by atoms with Crippen molar-refractivity contribution in [2.24, 2.45) is 0 Å². The summed E-state index contributed by atoms with van der Waals surface area (Å²) in [7, 11) is 0. The molecular formula is C19H20N2O2. The molecule has 1 aliphatic carbocycles. The zero-order valence-electron chi connectivity index (χ0n) is 13.0. The van der Waals surface area contributed by atoms with Gasteiger partial charge in [-0.1, -0.05) is 30.3 Å². The van der Waals surface area contributed by atoms with E-state index >= 15 is 0 Å². The van der Waals surface area contributed by atoms with Gasteiger partial charge in [-0.2, -0.15) is 0 Å². The van der Waals surface area contributed by atoms with Gasteiger partial charge in [0.05, 0.1) is 11.7 Å². The lowest BCUT2D eigenvalue weighted by molar-refractivity contribution is 0.0958. The zero-order valence-corrected chi connectivity index (χ0v) is 13.0. The van der Waals surface area contributed by atoms with Crippen molar-refractivity contribution in [2.45, 2.75) is 25.5 Å². The lowest BCUT2D eigenvalue weighted by Crippen LogP contribution is -2.29. The Bertz CT molecular complexity index is 725. The Balaban J connectivity index is 1.63. The maximum Gasteiger partial charge on any atom is 0.253 e. The number of hydrogen-bond donors (Lipinski definition) is 1. The first-order valence-electron chi connectivity index (χ1n) is 8.18. The van der Waals surface area contributed by atoms with Crippen molar-refractivity contribution in [1.29, 1.82) is 0 Å². The highest BCUT2D eigenvalue weighted by molar-refractivity contribution is 6.00. The molecule has 1 aliphatic heterocycles. The van der Waals surface area contributed by atoms with Crippen LogP contribution in [0.3, 0.4) is 0 Å². The zero-order chi connectivity index (χ0) is 15.6. The van der Waals surface area contributed by atoms with Crippen LogP contribution in [0.1, 0.15) is 28.8 Å². The third-order valence-corrected chi connectivity index (χ3v) is 4.31. The molecule has 1 amide bonds. The van der Waals surface area contributed by atoms with Crippen LogP contribution in [0.15, 0.2) is 48.5 Å². The summed E-state index contributed by atoms with van der Waals surface area (Å²) in [4.78, 5) is 14.4. The summed E-state index contributed by atoms with van der Waals surface area (Å²) in [6.45, 7) is 2.19. The van der Waals surface area contributed by atoms with Crippen LogP contribution in [0.4, 0.5) is 5.69 Å². The summed E-state index contributed by atoms with van der Waals surface area (Å²) in [5, 5.41) is 2.96. The van der Waals surface area contributed by atoms with E-state index in [1.165, 1.54) is 5.56 Å². The molecule has 2 aliphatic rings. The van der Waals surface area contributed by atoms with E-state index in [0.29, 0.717) is 12.6 Å². The molecule has 1 heterocycles. The normalized spacial score (nSPS) is 17.2. The number of anilines is 1. The molecule has 0 unspecified atom stereocenters. The van der Waals surface area contributed by atoms with Crippen LogP contribution in [-0.2, 0) is 6.54 Å². The molecule has 1 N–H and O–H groups in total. The number of nitrogens with one attached hydrogen (secondary N) is 1. The van der Waals surface area contributed by atoms with Gasteiger partial charge in [-0.05, 0) is 31.0 Å². The Morgan fingerprint density at radius 1 is 1.09 bits per heavy atom. The van der Waals surface area contributed by atoms with E-state index in [2.05, 4.69) is 16.3 Å². The highest BCUT2D eigenvalue weighted by atomic mass is 16.5. The molecule has 0 radical (unpaired) electrons. The standard InChI is InChI=1S/C19H20N2O2/c22-19-16-6-2-3-7-17(16)21(12-11-20-19)13-14-5-1-4-8-18(14)23-15-9-10-15/h1-8,15H,9-13H2,(H,20,22). The maximum absolute atomic E-state index is 12.2. The largest absolute Gasteiger partial charge is 0.490 e. The first-order chi connectivity index (χ1) is 11.3. The molecule has 4 rings (SSSR count). The summed E-state index contributed by atoms with van der Waals surface area (Å²) in [6, 6.07) is 16.0. The summed E-state index contributed by atoms with van der Waals surface area (Å²) in [5.74, 6) is 0.974. The highest BCUT2D eigenvalue weighted by Crippen LogP contribution is 2.31. The summed E-state index contributed by atoms with van der Waals surface area (Å²) in [6.07, 6.45) is 2.69. The van der Waals surface area contributed by atoms with Crippen LogP contribution in [0.25, 0.3) is 0 Å². The molecule has 2 aromatic rings. The number of rotatable bonds is 4. The Kier molecular flexibility index (Phi) is 3.66. The SMILES string of the molecule is O=C1NCCN(Cc2ccccc2OC2CC2)c2ccccc21. The van der Waals surface area contributed by atoms with Gasteiger partial charge in [0.1, 0.15) is 5.75 Å². The van der Waals surface area contributed by atoms with Gasteiger partial charge >= 0.3 is 0 Å². The van der Waals surface area contributed by atoms with E-state index < -0.39 is 0 Å². The Hall–Kier alpha value is -2.49. The second kappa shape index (κ2) is 5.95. The quantitative estimate of drug-likeness (QED) is 0.944. The fourth-order valence-corrected chi connectivity index (χ4v) is 2.95. The highest BCUT2D eigenvalue weighted by Gasteiger charge is 2.25. The number of amides is 1. The fraction of sp³-hybridized carbons (Fsp3) is 0.316. The van der Waals surface area contributed by atoms with Gasteiger partial charge in [0.15, 0.2) is 0 Å². The molecule has 0 bridgehead atoms. The molecule has 4 nitrogen and oxygen atoms in total. The monoisotopic (exact) mass is 308 g/mol. The minimum absolute atomic E-state index is 0.00520. The third-order valence-electron chi connectivity index (χ3n) is 4.31. The molecular weight excluding hydrogens is 288 g/mol. The Morgan fingerprint density at radius 2 is 1.87 bits per heavy atom. The van der Waals surface area contributed by atoms with Crippen molar-refractivity contribution in [2.75, 3.05) is 18.0 Å². The van der Waals surface area contributed by atoms with Crippen LogP contribution in [0.2, 0.25) is 0 Å². The summed E-state index contributed by atoms with van der Waals surface area (Å²) >= 11 is 0. The number of carbonyl (C=O) groups is 1. The van der Waals surface area contributed by atoms with E-state index in [1.54, 1.807) is 0 Å². The second-order valence-corrected chi connectivity index (χ2v) is 6.12. The molecule has 0 spiro atoms. The van der Waals surface area contributed by atoms with Crippen LogP contribution >= 0.6 is 0 Å². The number of fused-ring (bicyclic) bond motifs is 1. The predicted octanol–water partition coefficient (Wildman–Crippen LogP) is 2.98. The maximum atomic E-state index is 12.2. The number of para-hydroxylation sites is 2. The number of hydrogen-bond acceptors (Lipinski definition) is 3. The number of carbonyl (C=O) groups excluding carboxylic acids is 1. The average Bonchev–Trinajstić information content (AvgIpc) is 3.40. The van der Waals surface area contributed by atoms with Crippen molar-refractivity contribution in [3.63, 3.8) is 0 Å². The second-order valence-electron chi connectivity index (χ2n) is 6.12. The van der Waals surface area contributed by atoms with E-state index in [-0.39, 0.29) is 5.91 Å². The van der Waals surface area contributed by atoms with Crippen LogP contribution in [0.5, 0.6) is 5.75 Å². The van der Waals surface area contributed by atoms with Crippen LogP contribution in [-0.4, -0.2) is 25.1 Å². The molecule has 118 valence electrons. The van der Waals surface area contributed by atoms with Crippen molar-refractivity contribution in [3.8, 4) is 5.75 Å². The van der Waals surface area contributed by atoms with Gasteiger partial charge in [-0.3, -0.25) is 4.79 Å². The van der Waals surface area contributed by atoms with Crippen molar-refractivity contribution in [1.82, 2.24) is 5.32 Å². The lowest BCUT2D eigenvalue weighted by atomic mass is 10.1. The average molecular weight is 308 g/mol. The van der Waals surface area contributed by atoms with Gasteiger partial charge < -0.3 is 15.0 Å². The molecule has 23 heavy (non-hydrogen) atoms. The first-order valence-corrected chi connectivity index (χ1v) is 8.18. The molecule has 0 aromatic heterocycles. The van der Waals surface area contributed by atoms with Gasteiger partial charge in [0.25, 0.3) is 5.91 Å². The van der Waals surface area contributed by atoms with Gasteiger partial charge in [0, 0.05) is 30.9 Å². The van der Waals surface area contributed by atoms with E-state index in [0.717, 1.165) is 42.9 Å². The lowest BCUT2D eigenvalue weighted by Gasteiger charge is -2.25. The molecule has 2 aromatic carbocycles. The number of ether oxygens (including phenoxy) is 1. The van der Waals surface area contributed by atoms with Gasteiger partial charge in [-0.25, -0.2) is 0 Å². The summed E-state index contributed by atoms with van der Waals surface area (Å²) in [5.41, 5.74) is 2.90. The van der Waals surface area contributed by atoms with Crippen molar-refractivity contribution < 1.29 is 9.53 Å².